The van der Waals surface area contributed by atoms with Crippen molar-refractivity contribution >= 4 is 19.7 Å². The molecule has 0 aromatic carbocycles. The second-order valence-electron chi connectivity index (χ2n) is 14.2. The summed E-state index contributed by atoms with van der Waals surface area (Å²) in [7, 11) is -4.87. The summed E-state index contributed by atoms with van der Waals surface area (Å²) in [6.45, 7) is 5.68. The number of cyclic esters (lactones) is 1. The average molecular weight is 627 g/mol. The van der Waals surface area contributed by atoms with Crippen LogP contribution in [-0.4, -0.2) is 70.9 Å². The third-order valence-corrected chi connectivity index (χ3v) is 12.7. The summed E-state index contributed by atoms with van der Waals surface area (Å²) in [4.78, 5) is 44.3. The van der Waals surface area contributed by atoms with Crippen molar-refractivity contribution in [3.05, 3.63) is 11.6 Å². The number of amides is 1. The van der Waals surface area contributed by atoms with Gasteiger partial charge < -0.3 is 35.4 Å². The van der Waals surface area contributed by atoms with Gasteiger partial charge in [0.25, 0.3) is 0 Å². The van der Waals surface area contributed by atoms with E-state index in [4.69, 9.17) is 19.7 Å². The molecule has 4 aliphatic carbocycles. The monoisotopic (exact) mass is 626 g/mol. The lowest BCUT2D eigenvalue weighted by Crippen LogP contribution is -2.67. The Bertz CT molecular complexity index is 1130. The highest BCUT2D eigenvalue weighted by Gasteiger charge is 2.72. The third kappa shape index (κ3) is 6.38. The number of carbonyl (C=O) groups is 2. The third-order valence-electron chi connectivity index (χ3n) is 12.2. The first-order valence-electron chi connectivity index (χ1n) is 16.2. The number of nitrogens with one attached hydrogen (secondary N) is 1. The topological polar surface area (TPSA) is 178 Å². The van der Waals surface area contributed by atoms with Gasteiger partial charge in [-0.05, 0) is 105 Å². The van der Waals surface area contributed by atoms with Crippen molar-refractivity contribution in [3.8, 4) is 0 Å². The van der Waals surface area contributed by atoms with E-state index in [1.165, 1.54) is 6.08 Å². The molecule has 1 heterocycles. The predicted molar refractivity (Wildman–Crippen MR) is 158 cm³/mol. The van der Waals surface area contributed by atoms with Crippen LogP contribution in [0.5, 0.6) is 0 Å². The van der Waals surface area contributed by atoms with E-state index < -0.39 is 30.9 Å². The van der Waals surface area contributed by atoms with Crippen molar-refractivity contribution in [3.63, 3.8) is 0 Å². The van der Waals surface area contributed by atoms with E-state index in [2.05, 4.69) is 12.2 Å². The number of unbranched alkanes of at least 4 members (excludes halogenated alkanes) is 3. The lowest BCUT2D eigenvalue weighted by atomic mass is 9.42. The van der Waals surface area contributed by atoms with Crippen LogP contribution in [0, 0.1) is 34.5 Å². The van der Waals surface area contributed by atoms with Gasteiger partial charge in [-0.2, -0.15) is 0 Å². The number of phosphoric acid groups is 1. The highest BCUT2D eigenvalue weighted by Crippen LogP contribution is 2.71. The molecule has 1 amide bonds. The first-order chi connectivity index (χ1) is 20.3. The summed E-state index contributed by atoms with van der Waals surface area (Å²) >= 11 is 0. The van der Waals surface area contributed by atoms with Crippen molar-refractivity contribution in [1.29, 1.82) is 0 Å². The van der Waals surface area contributed by atoms with Gasteiger partial charge in [-0.25, -0.2) is 9.36 Å². The van der Waals surface area contributed by atoms with E-state index in [9.17, 15) is 29.0 Å². The largest absolute Gasteiger partial charge is 0.469 e. The second kappa shape index (κ2) is 12.8. The quantitative estimate of drug-likeness (QED) is 0.123. The first-order valence-corrected chi connectivity index (χ1v) is 17.8. The fourth-order valence-corrected chi connectivity index (χ4v) is 10.5. The van der Waals surface area contributed by atoms with Crippen LogP contribution in [0.3, 0.4) is 0 Å². The fourth-order valence-electron chi connectivity index (χ4n) is 9.89. The summed E-state index contributed by atoms with van der Waals surface area (Å²) in [6.07, 6.45) is 10.3. The molecule has 9 atom stereocenters. The molecule has 0 saturated heterocycles. The van der Waals surface area contributed by atoms with Crippen LogP contribution in [0.1, 0.15) is 90.9 Å². The molecular weight excluding hydrogens is 575 g/mol. The number of esters is 1. The molecule has 0 bridgehead atoms. The predicted octanol–water partition coefficient (Wildman–Crippen LogP) is 3.35. The second-order valence-corrected chi connectivity index (χ2v) is 15.4. The van der Waals surface area contributed by atoms with Crippen molar-refractivity contribution in [2.75, 3.05) is 26.3 Å². The Hall–Kier alpha value is -1.33. The first kappa shape index (κ1) is 33.0. The molecule has 0 radical (unpaired) electrons. The molecule has 43 heavy (non-hydrogen) atoms. The average Bonchev–Trinajstić information content (AvgIpc) is 3.49. The maximum absolute atomic E-state index is 12.6. The van der Waals surface area contributed by atoms with E-state index >= 15 is 0 Å². The Kier molecular flexibility index (Phi) is 9.85. The number of aliphatic hydroxyl groups is 1. The molecule has 4 fully saturated rings. The molecule has 6 N–H and O–H groups in total. The van der Waals surface area contributed by atoms with E-state index in [1.54, 1.807) is 0 Å². The maximum atomic E-state index is 12.6. The fraction of sp³-hybridized carbons (Fsp3) is 0.871. The van der Waals surface area contributed by atoms with Gasteiger partial charge in [0.1, 0.15) is 13.2 Å². The number of hydrogen-bond acceptors (Lipinski definition) is 8. The minimum Gasteiger partial charge on any atom is -0.458 e. The molecule has 244 valence electrons. The lowest BCUT2D eigenvalue weighted by Gasteiger charge is -2.65. The number of hydrogen-bond donors (Lipinski definition) is 5. The number of carbonyl (C=O) groups excluding carboxylic acids is 2. The molecule has 1 aliphatic heterocycles. The summed E-state index contributed by atoms with van der Waals surface area (Å²) < 4.78 is 29.1. The number of rotatable bonds is 12. The Morgan fingerprint density at radius 3 is 2.56 bits per heavy atom. The molecule has 0 unspecified atom stereocenters. The zero-order valence-corrected chi connectivity index (χ0v) is 26.6. The molecule has 5 rings (SSSR count). The van der Waals surface area contributed by atoms with Crippen LogP contribution in [-0.2, 0) is 28.2 Å². The smallest absolute Gasteiger partial charge is 0.458 e. The Labute approximate surface area is 254 Å². The van der Waals surface area contributed by atoms with Gasteiger partial charge in [0.2, 0.25) is 5.91 Å². The van der Waals surface area contributed by atoms with Crippen LogP contribution in [0.15, 0.2) is 11.6 Å². The molecule has 5 aliphatic rings. The van der Waals surface area contributed by atoms with Crippen molar-refractivity contribution in [2.24, 2.45) is 40.2 Å². The number of phosphoric ester groups is 1. The van der Waals surface area contributed by atoms with E-state index in [-0.39, 0.29) is 48.4 Å². The standard InChI is InChI=1S/C31H51N2O9P/c1-29-11-9-22(40-19-27(34)33-14-6-4-3-5-13-32)16-21(29)7-8-24-25(29)17-26(42-43(37,38)39)30(2)23(10-12-31(24,30)36)20-15-28(35)41-18-20/h15,21-26,36H,3-14,16-19,32H2,1-2H3,(H,33,34)(H2,37,38,39)/t21-,22+,23-,24-,25+,26-,29+,30+,31+/m1/s1. The molecular formula is C31H51N2O9P. The Morgan fingerprint density at radius 1 is 1.09 bits per heavy atom. The highest BCUT2D eigenvalue weighted by atomic mass is 31.2. The van der Waals surface area contributed by atoms with Gasteiger partial charge >= 0.3 is 13.8 Å². The zero-order chi connectivity index (χ0) is 31.0. The van der Waals surface area contributed by atoms with E-state index in [1.807, 2.05) is 6.92 Å². The molecule has 0 spiro atoms. The minimum atomic E-state index is -4.87. The molecule has 4 saturated carbocycles. The number of nitrogens with two attached hydrogens (primary N) is 1. The van der Waals surface area contributed by atoms with Crippen LogP contribution in [0.2, 0.25) is 0 Å². The van der Waals surface area contributed by atoms with Gasteiger partial charge in [0, 0.05) is 18.0 Å². The minimum absolute atomic E-state index is 0.0126. The normalized spacial score (nSPS) is 40.7. The Morgan fingerprint density at radius 2 is 1.86 bits per heavy atom. The number of fused-ring (bicyclic) bond motifs is 5. The molecule has 0 aromatic rings. The van der Waals surface area contributed by atoms with Gasteiger partial charge in [0.05, 0.1) is 17.8 Å². The van der Waals surface area contributed by atoms with Crippen LogP contribution < -0.4 is 11.1 Å². The van der Waals surface area contributed by atoms with Gasteiger partial charge in [-0.15, -0.1) is 0 Å². The van der Waals surface area contributed by atoms with Crippen molar-refractivity contribution < 1.29 is 43.0 Å². The van der Waals surface area contributed by atoms with Gasteiger partial charge in [-0.3, -0.25) is 9.32 Å². The van der Waals surface area contributed by atoms with Crippen molar-refractivity contribution in [1.82, 2.24) is 5.32 Å². The number of ether oxygens (including phenoxy) is 2. The van der Waals surface area contributed by atoms with Crippen LogP contribution in [0.25, 0.3) is 0 Å². The van der Waals surface area contributed by atoms with E-state index in [0.717, 1.165) is 63.4 Å². The summed E-state index contributed by atoms with van der Waals surface area (Å²) in [5.41, 5.74) is 3.96. The molecule has 12 heteroatoms. The lowest BCUT2D eigenvalue weighted by molar-refractivity contribution is -0.242. The SMILES string of the molecule is C[C@]12CC[C@H](OCC(=O)NCCCCCCN)C[C@H]1CC[C@@H]1[C@@H]2C[C@@H](OP(=O)(O)O)[C@]2(C)[C@@H](C3=CC(=O)OC3)CC[C@]12O. The van der Waals surface area contributed by atoms with Crippen LogP contribution in [0.4, 0.5) is 0 Å². The van der Waals surface area contributed by atoms with E-state index in [0.29, 0.717) is 38.3 Å². The highest BCUT2D eigenvalue weighted by molar-refractivity contribution is 7.46. The summed E-state index contributed by atoms with van der Waals surface area (Å²) in [6, 6.07) is 0. The Balaban J connectivity index is 1.27. The zero-order valence-electron chi connectivity index (χ0n) is 25.7. The van der Waals surface area contributed by atoms with Crippen molar-refractivity contribution in [2.45, 2.75) is 109 Å². The maximum Gasteiger partial charge on any atom is 0.469 e. The summed E-state index contributed by atoms with van der Waals surface area (Å²) in [5.74, 6) is -0.512. The van der Waals surface area contributed by atoms with Gasteiger partial charge in [-0.1, -0.05) is 26.7 Å². The van der Waals surface area contributed by atoms with Gasteiger partial charge in [0.15, 0.2) is 0 Å². The van der Waals surface area contributed by atoms with Crippen LogP contribution >= 0.6 is 7.82 Å². The molecule has 0 aromatic heterocycles. The molecule has 11 nitrogen and oxygen atoms in total. The summed E-state index contributed by atoms with van der Waals surface area (Å²) in [5, 5.41) is 15.5.